The number of allylic oxidation sites excluding steroid dienone is 2. The van der Waals surface area contributed by atoms with Crippen molar-refractivity contribution in [3.05, 3.63) is 23.3 Å². The highest BCUT2D eigenvalue weighted by Crippen LogP contribution is 2.34. The van der Waals surface area contributed by atoms with Gasteiger partial charge in [-0.05, 0) is 101 Å². The molecule has 0 fully saturated rings. The molecule has 5 nitrogen and oxygen atoms in total. The van der Waals surface area contributed by atoms with Gasteiger partial charge in [0.05, 0.1) is 17.8 Å². The second kappa shape index (κ2) is 15.1. The average molecular weight is 480 g/mol. The third kappa shape index (κ3) is 11.0. The fourth-order valence-electron chi connectivity index (χ4n) is 5.03. The smallest absolute Gasteiger partial charge is 0.0811 e. The minimum Gasteiger partial charge on any atom is -0.550 e. The quantitative estimate of drug-likeness (QED) is 0.297. The summed E-state index contributed by atoms with van der Waals surface area (Å²) in [5.74, 6) is -0.292. The third-order valence-corrected chi connectivity index (χ3v) is 7.97. The van der Waals surface area contributed by atoms with Gasteiger partial charge in [0.1, 0.15) is 0 Å². The molecular formula is C29H51O5-. The Morgan fingerprint density at radius 3 is 2.47 bits per heavy atom. The Labute approximate surface area is 208 Å². The van der Waals surface area contributed by atoms with Crippen LogP contribution in [0.5, 0.6) is 0 Å². The average Bonchev–Trinajstić information content (AvgIpc) is 2.75. The Morgan fingerprint density at radius 2 is 1.85 bits per heavy atom. The lowest BCUT2D eigenvalue weighted by molar-refractivity contribution is -0.311. The molecule has 0 spiro atoms. The number of ether oxygens (including phenoxy) is 1. The van der Waals surface area contributed by atoms with E-state index in [2.05, 4.69) is 33.8 Å². The normalized spacial score (nSPS) is 27.1. The van der Waals surface area contributed by atoms with Crippen LogP contribution in [-0.4, -0.2) is 41.1 Å². The van der Waals surface area contributed by atoms with Crippen molar-refractivity contribution in [1.29, 1.82) is 0 Å². The molecule has 0 amide bonds. The molecule has 0 bridgehead atoms. The van der Waals surface area contributed by atoms with Crippen LogP contribution in [0.1, 0.15) is 106 Å². The van der Waals surface area contributed by atoms with Crippen LogP contribution in [0.3, 0.4) is 0 Å². The fraction of sp³-hybridized carbons (Fsp3) is 0.828. The number of carbonyl (C=O) groups is 1. The molecule has 2 N–H and O–H groups in total. The van der Waals surface area contributed by atoms with Gasteiger partial charge in [0.2, 0.25) is 0 Å². The van der Waals surface area contributed by atoms with Gasteiger partial charge in [0, 0.05) is 13.1 Å². The van der Waals surface area contributed by atoms with Gasteiger partial charge in [-0.25, -0.2) is 0 Å². The van der Waals surface area contributed by atoms with E-state index in [1.54, 1.807) is 14.0 Å². The maximum absolute atomic E-state index is 10.8. The summed E-state index contributed by atoms with van der Waals surface area (Å²) < 4.78 is 5.75. The van der Waals surface area contributed by atoms with Crippen molar-refractivity contribution in [2.75, 3.05) is 7.11 Å². The molecule has 0 aromatic heterocycles. The molecule has 1 rings (SSSR count). The molecule has 0 saturated carbocycles. The molecule has 34 heavy (non-hydrogen) atoms. The van der Waals surface area contributed by atoms with E-state index in [-0.39, 0.29) is 18.1 Å². The van der Waals surface area contributed by atoms with Gasteiger partial charge >= 0.3 is 0 Å². The lowest BCUT2D eigenvalue weighted by atomic mass is 9.76. The molecule has 0 saturated heterocycles. The Hall–Kier alpha value is -1.17. The summed E-state index contributed by atoms with van der Waals surface area (Å²) in [6.45, 7) is 12.2. The van der Waals surface area contributed by atoms with Crippen LogP contribution in [-0.2, 0) is 9.53 Å². The number of carbonyl (C=O) groups excluding carboxylic acids is 1. The Bertz CT molecular complexity index is 665. The zero-order chi connectivity index (χ0) is 25.9. The number of aliphatic hydroxyl groups excluding tert-OH is 1. The highest BCUT2D eigenvalue weighted by atomic mass is 16.5. The maximum atomic E-state index is 10.8. The van der Waals surface area contributed by atoms with E-state index in [9.17, 15) is 20.1 Å². The Morgan fingerprint density at radius 1 is 1.18 bits per heavy atom. The summed E-state index contributed by atoms with van der Waals surface area (Å²) in [5.41, 5.74) is 1.87. The van der Waals surface area contributed by atoms with Crippen molar-refractivity contribution in [1.82, 2.24) is 0 Å². The molecule has 0 aliphatic heterocycles. The third-order valence-electron chi connectivity index (χ3n) is 7.97. The van der Waals surface area contributed by atoms with Crippen molar-refractivity contribution < 1.29 is 24.9 Å². The van der Waals surface area contributed by atoms with E-state index in [4.69, 9.17) is 4.74 Å². The summed E-state index contributed by atoms with van der Waals surface area (Å²) >= 11 is 0. The minimum absolute atomic E-state index is 0.116. The topological polar surface area (TPSA) is 89.8 Å². The van der Waals surface area contributed by atoms with E-state index >= 15 is 0 Å². The molecule has 1 aliphatic carbocycles. The van der Waals surface area contributed by atoms with Crippen LogP contribution in [0.2, 0.25) is 0 Å². The fourth-order valence-corrected chi connectivity index (χ4v) is 5.03. The predicted octanol–water partition coefficient (Wildman–Crippen LogP) is 5.19. The number of hydrogen-bond acceptors (Lipinski definition) is 5. The van der Waals surface area contributed by atoms with Crippen LogP contribution < -0.4 is 5.11 Å². The number of rotatable bonds is 16. The number of hydrogen-bond donors (Lipinski definition) is 2. The highest BCUT2D eigenvalue weighted by molar-refractivity contribution is 5.66. The lowest BCUT2D eigenvalue weighted by Gasteiger charge is -2.37. The summed E-state index contributed by atoms with van der Waals surface area (Å²) in [6.07, 6.45) is 12.9. The summed E-state index contributed by atoms with van der Waals surface area (Å²) in [4.78, 5) is 10.8. The van der Waals surface area contributed by atoms with E-state index in [0.29, 0.717) is 37.5 Å². The molecule has 0 heterocycles. The molecule has 7 atom stereocenters. The minimum atomic E-state index is -1.01. The Kier molecular flexibility index (Phi) is 13.7. The van der Waals surface area contributed by atoms with Gasteiger partial charge in [0.25, 0.3) is 0 Å². The van der Waals surface area contributed by atoms with E-state index in [1.165, 1.54) is 17.6 Å². The number of carboxylic acid groups (broad SMARTS) is 1. The van der Waals surface area contributed by atoms with E-state index < -0.39 is 17.5 Å². The first-order chi connectivity index (χ1) is 15.9. The van der Waals surface area contributed by atoms with Crippen LogP contribution in [0, 0.1) is 23.7 Å². The van der Waals surface area contributed by atoms with Crippen LogP contribution in [0.25, 0.3) is 0 Å². The number of methoxy groups -OCH3 is 1. The van der Waals surface area contributed by atoms with Gasteiger partial charge in [-0.1, -0.05) is 51.8 Å². The molecule has 0 aromatic rings. The van der Waals surface area contributed by atoms with Crippen molar-refractivity contribution in [2.24, 2.45) is 23.7 Å². The van der Waals surface area contributed by atoms with Crippen LogP contribution in [0.4, 0.5) is 0 Å². The molecular weight excluding hydrogens is 428 g/mol. The van der Waals surface area contributed by atoms with E-state index in [1.807, 2.05) is 13.0 Å². The first kappa shape index (κ1) is 30.9. The summed E-state index contributed by atoms with van der Waals surface area (Å²) in [5, 5.41) is 31.7. The molecule has 1 aliphatic rings. The number of carboxylic acids is 1. The first-order valence-electron chi connectivity index (χ1n) is 13.4. The zero-order valence-corrected chi connectivity index (χ0v) is 22.8. The van der Waals surface area contributed by atoms with Gasteiger partial charge < -0.3 is 24.9 Å². The molecule has 5 heteroatoms. The largest absolute Gasteiger partial charge is 0.550 e. The summed E-state index contributed by atoms with van der Waals surface area (Å²) in [7, 11) is 1.77. The lowest BCUT2D eigenvalue weighted by Crippen LogP contribution is -2.38. The van der Waals surface area contributed by atoms with Crippen molar-refractivity contribution in [3.8, 4) is 0 Å². The van der Waals surface area contributed by atoms with Gasteiger partial charge in [-0.15, -0.1) is 0 Å². The summed E-state index contributed by atoms with van der Waals surface area (Å²) in [6, 6.07) is 0. The van der Waals surface area contributed by atoms with Crippen LogP contribution in [0.15, 0.2) is 23.3 Å². The van der Waals surface area contributed by atoms with Crippen molar-refractivity contribution >= 4 is 5.97 Å². The molecule has 198 valence electrons. The predicted molar refractivity (Wildman–Crippen MR) is 137 cm³/mol. The van der Waals surface area contributed by atoms with Crippen molar-refractivity contribution in [2.45, 2.75) is 124 Å². The SMILES string of the molecule is COC1C(CCC(C)CCC/C(C)=C/CCC(C)(O)CCCC(C)C(=O)[O-])=CC(O)C(C)C1C. The maximum Gasteiger partial charge on any atom is 0.0811 e. The molecule has 0 radical (unpaired) electrons. The van der Waals surface area contributed by atoms with Gasteiger partial charge in [-0.2, -0.15) is 0 Å². The van der Waals surface area contributed by atoms with E-state index in [0.717, 1.165) is 32.1 Å². The molecule has 0 aromatic carbocycles. The second-order valence-electron chi connectivity index (χ2n) is 11.3. The monoisotopic (exact) mass is 479 g/mol. The molecule has 7 unspecified atom stereocenters. The number of aliphatic hydroxyl groups is 2. The van der Waals surface area contributed by atoms with Gasteiger partial charge in [-0.3, -0.25) is 0 Å². The second-order valence-corrected chi connectivity index (χ2v) is 11.3. The Balaban J connectivity index is 2.30. The van der Waals surface area contributed by atoms with Crippen LogP contribution >= 0.6 is 0 Å². The number of aliphatic carboxylic acids is 1. The highest BCUT2D eigenvalue weighted by Gasteiger charge is 2.34. The standard InChI is InChI=1S/C29H52O5/c1-20(13-9-17-29(6,33)18-10-14-22(3)28(31)32)11-8-12-21(2)15-16-25-19-26(30)23(4)24(5)27(25)34-7/h13,19,21-24,26-27,30,33H,8-12,14-18H2,1-7H3,(H,31,32)/p-1/b20-13+. The van der Waals surface area contributed by atoms with Gasteiger partial charge in [0.15, 0.2) is 0 Å². The van der Waals surface area contributed by atoms with Crippen molar-refractivity contribution in [3.63, 3.8) is 0 Å². The first-order valence-corrected chi connectivity index (χ1v) is 13.4. The zero-order valence-electron chi connectivity index (χ0n) is 22.8.